The fourth-order valence-electron chi connectivity index (χ4n) is 2.20. The molecule has 0 unspecified atom stereocenters. The van der Waals surface area contributed by atoms with Crippen LogP contribution < -0.4 is 10.2 Å². The van der Waals surface area contributed by atoms with Crippen molar-refractivity contribution in [3.63, 3.8) is 0 Å². The van der Waals surface area contributed by atoms with E-state index in [1.807, 2.05) is 17.9 Å². The maximum atomic E-state index is 13.7. The molecule has 2 amide bonds. The minimum absolute atomic E-state index is 0.0185. The minimum atomic E-state index is -0.202. The summed E-state index contributed by atoms with van der Waals surface area (Å²) in [6, 6.07) is 6.75. The van der Waals surface area contributed by atoms with E-state index in [0.717, 1.165) is 6.42 Å². The molecule has 0 bridgehead atoms. The van der Waals surface area contributed by atoms with Crippen LogP contribution in [0, 0.1) is 5.82 Å². The predicted molar refractivity (Wildman–Crippen MR) is 73.9 cm³/mol. The second-order valence-electron chi connectivity index (χ2n) is 4.66. The molecule has 1 aromatic rings. The average Bonchev–Trinajstić information content (AvgIpc) is 2.45. The summed E-state index contributed by atoms with van der Waals surface area (Å²) in [7, 11) is 0. The summed E-state index contributed by atoms with van der Waals surface area (Å²) in [5, 5.41) is 2.86. The highest BCUT2D eigenvalue weighted by atomic mass is 19.1. The first-order valence-corrected chi connectivity index (χ1v) is 6.74. The van der Waals surface area contributed by atoms with E-state index in [-0.39, 0.29) is 11.8 Å². The lowest BCUT2D eigenvalue weighted by molar-refractivity contribution is 0.194. The van der Waals surface area contributed by atoms with Crippen LogP contribution in [0.2, 0.25) is 0 Å². The third-order valence-corrected chi connectivity index (χ3v) is 3.29. The molecule has 0 spiro atoms. The quantitative estimate of drug-likeness (QED) is 0.908. The van der Waals surface area contributed by atoms with E-state index in [9.17, 15) is 9.18 Å². The second-order valence-corrected chi connectivity index (χ2v) is 4.66. The Morgan fingerprint density at radius 2 is 1.95 bits per heavy atom. The number of piperazine rings is 1. The van der Waals surface area contributed by atoms with Crippen molar-refractivity contribution in [1.29, 1.82) is 0 Å². The number of amides is 2. The summed E-state index contributed by atoms with van der Waals surface area (Å²) in [4.78, 5) is 15.6. The number of benzene rings is 1. The molecule has 1 heterocycles. The summed E-state index contributed by atoms with van der Waals surface area (Å²) >= 11 is 0. The van der Waals surface area contributed by atoms with Crippen molar-refractivity contribution in [3.8, 4) is 0 Å². The highest BCUT2D eigenvalue weighted by Crippen LogP contribution is 2.19. The zero-order chi connectivity index (χ0) is 13.7. The molecule has 0 aromatic heterocycles. The number of urea groups is 1. The number of halogens is 1. The number of anilines is 1. The van der Waals surface area contributed by atoms with Gasteiger partial charge in [0, 0.05) is 32.7 Å². The van der Waals surface area contributed by atoms with Gasteiger partial charge >= 0.3 is 6.03 Å². The molecular weight excluding hydrogens is 245 g/mol. The highest BCUT2D eigenvalue weighted by molar-refractivity contribution is 5.74. The van der Waals surface area contributed by atoms with Gasteiger partial charge in [0.1, 0.15) is 5.82 Å². The van der Waals surface area contributed by atoms with Crippen LogP contribution in [0.5, 0.6) is 0 Å². The molecule has 0 saturated carbocycles. The zero-order valence-corrected chi connectivity index (χ0v) is 11.2. The number of hydrogen-bond acceptors (Lipinski definition) is 2. The fraction of sp³-hybridized carbons (Fsp3) is 0.500. The molecule has 1 aliphatic rings. The molecule has 5 heteroatoms. The van der Waals surface area contributed by atoms with Crippen molar-refractivity contribution in [1.82, 2.24) is 10.2 Å². The molecular formula is C14H20FN3O. The largest absolute Gasteiger partial charge is 0.366 e. The molecule has 1 saturated heterocycles. The van der Waals surface area contributed by atoms with Crippen molar-refractivity contribution in [3.05, 3.63) is 30.1 Å². The lowest BCUT2D eigenvalue weighted by Crippen LogP contribution is -2.52. The smallest absolute Gasteiger partial charge is 0.317 e. The van der Waals surface area contributed by atoms with E-state index in [2.05, 4.69) is 5.32 Å². The van der Waals surface area contributed by atoms with Gasteiger partial charge in [-0.3, -0.25) is 0 Å². The first-order valence-electron chi connectivity index (χ1n) is 6.74. The summed E-state index contributed by atoms with van der Waals surface area (Å²) in [5.74, 6) is -0.202. The van der Waals surface area contributed by atoms with Gasteiger partial charge in [0.25, 0.3) is 0 Å². The summed E-state index contributed by atoms with van der Waals surface area (Å²) < 4.78 is 13.7. The Kier molecular flexibility index (Phi) is 4.60. The van der Waals surface area contributed by atoms with Crippen molar-refractivity contribution < 1.29 is 9.18 Å². The zero-order valence-electron chi connectivity index (χ0n) is 11.2. The van der Waals surface area contributed by atoms with E-state index in [1.165, 1.54) is 6.07 Å². The molecule has 1 fully saturated rings. The Bertz CT molecular complexity index is 430. The lowest BCUT2D eigenvalue weighted by atomic mass is 10.2. The topological polar surface area (TPSA) is 35.6 Å². The molecule has 0 atom stereocenters. The molecule has 1 aromatic carbocycles. The van der Waals surface area contributed by atoms with Crippen LogP contribution in [-0.4, -0.2) is 43.7 Å². The number of para-hydroxylation sites is 1. The molecule has 19 heavy (non-hydrogen) atoms. The van der Waals surface area contributed by atoms with Gasteiger partial charge in [-0.1, -0.05) is 19.1 Å². The Morgan fingerprint density at radius 3 is 2.58 bits per heavy atom. The molecule has 2 rings (SSSR count). The molecule has 0 aliphatic carbocycles. The van der Waals surface area contributed by atoms with E-state index in [1.54, 1.807) is 17.0 Å². The first kappa shape index (κ1) is 13.6. The fourth-order valence-corrected chi connectivity index (χ4v) is 2.20. The standard InChI is InChI=1S/C14H20FN3O/c1-2-7-16-14(19)18-10-8-17(9-11-18)13-6-4-3-5-12(13)15/h3-6H,2,7-11H2,1H3,(H,16,19). The van der Waals surface area contributed by atoms with E-state index in [0.29, 0.717) is 38.4 Å². The van der Waals surface area contributed by atoms with Gasteiger partial charge in [0.15, 0.2) is 0 Å². The SMILES string of the molecule is CCCNC(=O)N1CCN(c2ccccc2F)CC1. The summed E-state index contributed by atoms with van der Waals surface area (Å²) in [6.07, 6.45) is 0.931. The number of hydrogen-bond donors (Lipinski definition) is 1. The number of carbonyl (C=O) groups is 1. The van der Waals surface area contributed by atoms with Crippen molar-refractivity contribution in [2.75, 3.05) is 37.6 Å². The molecule has 104 valence electrons. The van der Waals surface area contributed by atoms with E-state index in [4.69, 9.17) is 0 Å². The minimum Gasteiger partial charge on any atom is -0.366 e. The molecule has 4 nitrogen and oxygen atoms in total. The van der Waals surface area contributed by atoms with Crippen LogP contribution in [-0.2, 0) is 0 Å². The molecule has 1 N–H and O–H groups in total. The maximum absolute atomic E-state index is 13.7. The first-order chi connectivity index (χ1) is 9.22. The van der Waals surface area contributed by atoms with Gasteiger partial charge < -0.3 is 15.1 Å². The highest BCUT2D eigenvalue weighted by Gasteiger charge is 2.22. The maximum Gasteiger partial charge on any atom is 0.317 e. The predicted octanol–water partition coefficient (Wildman–Crippen LogP) is 2.07. The van der Waals surface area contributed by atoms with E-state index < -0.39 is 0 Å². The monoisotopic (exact) mass is 265 g/mol. The normalized spacial score (nSPS) is 15.5. The van der Waals surface area contributed by atoms with Crippen LogP contribution in [0.25, 0.3) is 0 Å². The molecule has 0 radical (unpaired) electrons. The second kappa shape index (κ2) is 6.41. The number of nitrogens with zero attached hydrogens (tertiary/aromatic N) is 2. The van der Waals surface area contributed by atoms with Crippen molar-refractivity contribution in [2.24, 2.45) is 0 Å². The Balaban J connectivity index is 1.89. The van der Waals surface area contributed by atoms with E-state index >= 15 is 0 Å². The summed E-state index contributed by atoms with van der Waals surface area (Å²) in [6.45, 7) is 5.32. The van der Waals surface area contributed by atoms with Crippen LogP contribution in [0.3, 0.4) is 0 Å². The van der Waals surface area contributed by atoms with Crippen molar-refractivity contribution >= 4 is 11.7 Å². The Morgan fingerprint density at radius 1 is 1.26 bits per heavy atom. The van der Waals surface area contributed by atoms with Gasteiger partial charge in [-0.05, 0) is 18.6 Å². The average molecular weight is 265 g/mol. The van der Waals surface area contributed by atoms with Gasteiger partial charge in [-0.25, -0.2) is 9.18 Å². The van der Waals surface area contributed by atoms with Crippen molar-refractivity contribution in [2.45, 2.75) is 13.3 Å². The number of nitrogens with one attached hydrogen (secondary N) is 1. The van der Waals surface area contributed by atoms with Crippen LogP contribution in [0.15, 0.2) is 24.3 Å². The number of carbonyl (C=O) groups excluding carboxylic acids is 1. The van der Waals surface area contributed by atoms with Gasteiger partial charge in [0.2, 0.25) is 0 Å². The van der Waals surface area contributed by atoms with Gasteiger partial charge in [-0.15, -0.1) is 0 Å². The van der Waals surface area contributed by atoms with Gasteiger partial charge in [0.05, 0.1) is 5.69 Å². The number of rotatable bonds is 3. The van der Waals surface area contributed by atoms with Crippen LogP contribution >= 0.6 is 0 Å². The Labute approximate surface area is 113 Å². The van der Waals surface area contributed by atoms with Crippen LogP contribution in [0.4, 0.5) is 14.9 Å². The van der Waals surface area contributed by atoms with Gasteiger partial charge in [-0.2, -0.15) is 0 Å². The lowest BCUT2D eigenvalue weighted by Gasteiger charge is -2.36. The third kappa shape index (κ3) is 3.36. The summed E-state index contributed by atoms with van der Waals surface area (Å²) in [5.41, 5.74) is 0.621. The third-order valence-electron chi connectivity index (χ3n) is 3.29. The van der Waals surface area contributed by atoms with Crippen LogP contribution in [0.1, 0.15) is 13.3 Å². The Hall–Kier alpha value is -1.78. The molecule has 1 aliphatic heterocycles.